The highest BCUT2D eigenvalue weighted by atomic mass is 16.7. The van der Waals surface area contributed by atoms with E-state index in [1.807, 2.05) is 11.5 Å². The maximum Gasteiger partial charge on any atom is 0.446 e. The molecule has 134 valence electrons. The number of ether oxygens (including phenoxy) is 1. The zero-order chi connectivity index (χ0) is 17.5. The molecule has 0 bridgehead atoms. The average Bonchev–Trinajstić information content (AvgIpc) is 2.59. The minimum Gasteiger partial charge on any atom is -0.408 e. The number of amides is 1. The van der Waals surface area contributed by atoms with Gasteiger partial charge >= 0.3 is 12.1 Å². The minimum absolute atomic E-state index is 0.307. The van der Waals surface area contributed by atoms with E-state index in [4.69, 9.17) is 4.74 Å². The van der Waals surface area contributed by atoms with Gasteiger partial charge in [-0.25, -0.2) is 9.59 Å². The summed E-state index contributed by atoms with van der Waals surface area (Å²) < 4.78 is 4.94. The van der Waals surface area contributed by atoms with Crippen LogP contribution in [0.15, 0.2) is 30.3 Å². The molecule has 0 atom stereocenters. The van der Waals surface area contributed by atoms with Crippen LogP contribution in [0, 0.1) is 0 Å². The maximum atomic E-state index is 11.5. The second-order valence-corrected chi connectivity index (χ2v) is 5.86. The number of nitrogens with one attached hydrogen (secondary N) is 1. The predicted molar refractivity (Wildman–Crippen MR) is 93.5 cm³/mol. The van der Waals surface area contributed by atoms with Gasteiger partial charge in [0, 0.05) is 6.42 Å². The Hall–Kier alpha value is -2.04. The molecule has 0 saturated heterocycles. The largest absolute Gasteiger partial charge is 0.446 e. The number of para-hydroxylation sites is 1. The van der Waals surface area contributed by atoms with E-state index >= 15 is 0 Å². The summed E-state index contributed by atoms with van der Waals surface area (Å²) in [5.74, 6) is -0.0482. The lowest BCUT2D eigenvalue weighted by molar-refractivity contribution is -0.149. The summed E-state index contributed by atoms with van der Waals surface area (Å²) in [6.07, 6.45) is 10.2. The monoisotopic (exact) mass is 335 g/mol. The first-order valence-electron chi connectivity index (χ1n) is 8.95. The molecule has 0 spiro atoms. The molecule has 5 heteroatoms. The topological polar surface area (TPSA) is 64.6 Å². The molecule has 0 aliphatic carbocycles. The quantitative estimate of drug-likeness (QED) is 0.448. The van der Waals surface area contributed by atoms with Crippen LogP contribution in [0.4, 0.5) is 4.79 Å². The third-order valence-corrected chi connectivity index (χ3v) is 3.69. The van der Waals surface area contributed by atoms with Crippen LogP contribution in [0.1, 0.15) is 71.1 Å². The van der Waals surface area contributed by atoms with Crippen molar-refractivity contribution >= 4 is 12.1 Å². The zero-order valence-corrected chi connectivity index (χ0v) is 14.6. The third kappa shape index (κ3) is 10.6. The molecule has 1 N–H and O–H groups in total. The summed E-state index contributed by atoms with van der Waals surface area (Å²) in [6.45, 7) is 2.22. The van der Waals surface area contributed by atoms with E-state index in [-0.39, 0.29) is 0 Å². The smallest absolute Gasteiger partial charge is 0.408 e. The Bertz CT molecular complexity index is 462. The Morgan fingerprint density at radius 2 is 1.46 bits per heavy atom. The van der Waals surface area contributed by atoms with E-state index in [0.29, 0.717) is 12.2 Å². The lowest BCUT2D eigenvalue weighted by Crippen LogP contribution is -2.29. The van der Waals surface area contributed by atoms with Crippen molar-refractivity contribution in [1.82, 2.24) is 5.48 Å². The van der Waals surface area contributed by atoms with Crippen molar-refractivity contribution in [1.29, 1.82) is 0 Å². The fourth-order valence-electron chi connectivity index (χ4n) is 2.35. The van der Waals surface area contributed by atoms with Crippen LogP contribution in [0.2, 0.25) is 0 Å². The van der Waals surface area contributed by atoms with Crippen molar-refractivity contribution in [2.45, 2.75) is 71.1 Å². The van der Waals surface area contributed by atoms with Crippen LogP contribution in [0.3, 0.4) is 0 Å². The molecular weight excluding hydrogens is 306 g/mol. The third-order valence-electron chi connectivity index (χ3n) is 3.69. The fourth-order valence-corrected chi connectivity index (χ4v) is 2.35. The van der Waals surface area contributed by atoms with E-state index in [1.165, 1.54) is 38.5 Å². The summed E-state index contributed by atoms with van der Waals surface area (Å²) in [4.78, 5) is 27.6. The number of carbonyl (C=O) groups is 2. The summed E-state index contributed by atoms with van der Waals surface area (Å²) >= 11 is 0. The van der Waals surface area contributed by atoms with Crippen molar-refractivity contribution in [3.63, 3.8) is 0 Å². The van der Waals surface area contributed by atoms with Crippen molar-refractivity contribution < 1.29 is 19.2 Å². The number of benzene rings is 1. The average molecular weight is 335 g/mol. The highest BCUT2D eigenvalue weighted by Crippen LogP contribution is 2.11. The Morgan fingerprint density at radius 1 is 0.875 bits per heavy atom. The van der Waals surface area contributed by atoms with Gasteiger partial charge in [0.15, 0.2) is 0 Å². The molecule has 0 aliphatic rings. The number of rotatable bonds is 11. The number of unbranched alkanes of at least 4 members (excludes halogenated alkanes) is 8. The van der Waals surface area contributed by atoms with Crippen LogP contribution in [-0.4, -0.2) is 12.1 Å². The highest BCUT2D eigenvalue weighted by Gasteiger charge is 2.08. The molecule has 0 aromatic heterocycles. The molecule has 0 fully saturated rings. The zero-order valence-electron chi connectivity index (χ0n) is 14.6. The van der Waals surface area contributed by atoms with Gasteiger partial charge < -0.3 is 9.57 Å². The molecule has 1 rings (SSSR count). The van der Waals surface area contributed by atoms with Gasteiger partial charge in [0.2, 0.25) is 0 Å². The first-order valence-corrected chi connectivity index (χ1v) is 8.95. The van der Waals surface area contributed by atoms with Gasteiger partial charge in [-0.15, -0.1) is 5.48 Å². The molecule has 0 saturated carbocycles. The lowest BCUT2D eigenvalue weighted by atomic mass is 10.1. The molecule has 0 radical (unpaired) electrons. The van der Waals surface area contributed by atoms with Gasteiger partial charge in [-0.3, -0.25) is 0 Å². The number of hydroxylamine groups is 1. The van der Waals surface area contributed by atoms with E-state index in [0.717, 1.165) is 19.3 Å². The van der Waals surface area contributed by atoms with Crippen molar-refractivity contribution in [2.75, 3.05) is 0 Å². The van der Waals surface area contributed by atoms with Crippen LogP contribution < -0.4 is 10.2 Å². The van der Waals surface area contributed by atoms with Crippen LogP contribution in [0.25, 0.3) is 0 Å². The van der Waals surface area contributed by atoms with E-state index in [9.17, 15) is 9.59 Å². The number of hydrogen-bond donors (Lipinski definition) is 1. The molecule has 5 nitrogen and oxygen atoms in total. The first kappa shape index (κ1) is 20.0. The Labute approximate surface area is 144 Å². The van der Waals surface area contributed by atoms with Gasteiger partial charge in [-0.05, 0) is 18.6 Å². The van der Waals surface area contributed by atoms with E-state index in [1.54, 1.807) is 24.3 Å². The highest BCUT2D eigenvalue weighted by molar-refractivity contribution is 5.74. The van der Waals surface area contributed by atoms with Gasteiger partial charge in [0.1, 0.15) is 5.75 Å². The molecular formula is C19H29NO4. The Morgan fingerprint density at radius 3 is 2.08 bits per heavy atom. The molecule has 0 heterocycles. The Kier molecular flexibility index (Phi) is 11.2. The van der Waals surface area contributed by atoms with Gasteiger partial charge in [-0.2, -0.15) is 0 Å². The summed E-state index contributed by atoms with van der Waals surface area (Å²) in [5, 5.41) is 0. The normalized spacial score (nSPS) is 10.2. The number of carbonyl (C=O) groups excluding carboxylic acids is 2. The first-order chi connectivity index (χ1) is 11.7. The lowest BCUT2D eigenvalue weighted by Gasteiger charge is -2.06. The fraction of sp³-hybridized carbons (Fsp3) is 0.579. The maximum absolute atomic E-state index is 11.5. The minimum atomic E-state index is -0.804. The number of hydrogen-bond acceptors (Lipinski definition) is 4. The van der Waals surface area contributed by atoms with Gasteiger partial charge in [0.05, 0.1) is 0 Å². The second-order valence-electron chi connectivity index (χ2n) is 5.86. The predicted octanol–water partition coefficient (Wildman–Crippen LogP) is 5.15. The van der Waals surface area contributed by atoms with E-state index in [2.05, 4.69) is 11.8 Å². The van der Waals surface area contributed by atoms with Crippen molar-refractivity contribution in [3.05, 3.63) is 30.3 Å². The summed E-state index contributed by atoms with van der Waals surface area (Å²) in [7, 11) is 0. The van der Waals surface area contributed by atoms with Crippen molar-refractivity contribution in [2.24, 2.45) is 0 Å². The molecule has 1 aromatic carbocycles. The molecule has 0 aliphatic heterocycles. The summed E-state index contributed by atoms with van der Waals surface area (Å²) in [6, 6.07) is 8.60. The Balaban J connectivity index is 1.95. The standard InChI is InChI=1S/C19H29NO4/c1-2-3-4-5-6-7-8-9-13-16-18(21)24-20-19(22)23-17-14-11-10-12-15-17/h10-12,14-15H,2-9,13,16H2,1H3,(H,20,22). The van der Waals surface area contributed by atoms with Crippen LogP contribution in [0.5, 0.6) is 5.75 Å². The SMILES string of the molecule is CCCCCCCCCCCC(=O)ONC(=O)Oc1ccccc1. The molecule has 0 unspecified atom stereocenters. The van der Waals surface area contributed by atoms with E-state index < -0.39 is 12.1 Å². The van der Waals surface area contributed by atoms with Gasteiger partial charge in [0.25, 0.3) is 0 Å². The van der Waals surface area contributed by atoms with Crippen LogP contribution >= 0.6 is 0 Å². The van der Waals surface area contributed by atoms with Gasteiger partial charge in [-0.1, -0.05) is 76.5 Å². The van der Waals surface area contributed by atoms with Crippen molar-refractivity contribution in [3.8, 4) is 5.75 Å². The van der Waals surface area contributed by atoms with Crippen LogP contribution in [-0.2, 0) is 9.63 Å². The molecule has 1 amide bonds. The molecule has 24 heavy (non-hydrogen) atoms. The summed E-state index contributed by atoms with van der Waals surface area (Å²) in [5.41, 5.74) is 2.00. The molecule has 1 aromatic rings. The second kappa shape index (κ2) is 13.4.